The Hall–Kier alpha value is -3.48. The van der Waals surface area contributed by atoms with Crippen LogP contribution < -0.4 is 4.74 Å². The standard InChI is InChI=1S/C21H12F4N2O/c22-14-5-7-15(8-6-14)28-16-9-10-17-13(11-16)12-26-27-20(17)18-3-1-2-4-19(18)21(23,24)25/h1-12H. The number of halogens is 4. The number of nitrogens with zero attached hydrogens (tertiary/aromatic N) is 2. The van der Waals surface area contributed by atoms with E-state index in [2.05, 4.69) is 10.2 Å². The van der Waals surface area contributed by atoms with Crippen molar-refractivity contribution in [1.82, 2.24) is 10.2 Å². The summed E-state index contributed by atoms with van der Waals surface area (Å²) in [5.74, 6) is 0.502. The molecule has 0 unspecified atom stereocenters. The molecule has 28 heavy (non-hydrogen) atoms. The van der Waals surface area contributed by atoms with Crippen molar-refractivity contribution in [2.24, 2.45) is 0 Å². The van der Waals surface area contributed by atoms with E-state index in [1.807, 2.05) is 0 Å². The van der Waals surface area contributed by atoms with Crippen molar-refractivity contribution in [2.45, 2.75) is 6.18 Å². The van der Waals surface area contributed by atoms with Crippen LogP contribution in [0.3, 0.4) is 0 Å². The minimum Gasteiger partial charge on any atom is -0.457 e. The van der Waals surface area contributed by atoms with Crippen LogP contribution in [0.4, 0.5) is 17.6 Å². The van der Waals surface area contributed by atoms with E-state index >= 15 is 0 Å². The van der Waals surface area contributed by atoms with Gasteiger partial charge in [0.1, 0.15) is 23.0 Å². The predicted molar refractivity (Wildman–Crippen MR) is 96.5 cm³/mol. The van der Waals surface area contributed by atoms with Gasteiger partial charge in [-0.25, -0.2) is 4.39 Å². The largest absolute Gasteiger partial charge is 0.457 e. The molecular formula is C21H12F4N2O. The molecule has 0 aliphatic heterocycles. The van der Waals surface area contributed by atoms with E-state index in [9.17, 15) is 17.6 Å². The fourth-order valence-electron chi connectivity index (χ4n) is 2.90. The zero-order chi connectivity index (χ0) is 19.7. The van der Waals surface area contributed by atoms with Crippen LogP contribution in [-0.4, -0.2) is 10.2 Å². The Labute approximate surface area is 157 Å². The summed E-state index contributed by atoms with van der Waals surface area (Å²) >= 11 is 0. The number of alkyl halides is 3. The van der Waals surface area contributed by atoms with Crippen molar-refractivity contribution in [3.8, 4) is 22.8 Å². The first kappa shape index (κ1) is 17.9. The molecule has 4 aromatic rings. The molecule has 0 spiro atoms. The van der Waals surface area contributed by atoms with E-state index in [4.69, 9.17) is 4.74 Å². The van der Waals surface area contributed by atoms with Gasteiger partial charge in [0.05, 0.1) is 11.8 Å². The van der Waals surface area contributed by atoms with Crippen molar-refractivity contribution in [1.29, 1.82) is 0 Å². The van der Waals surface area contributed by atoms with Crippen LogP contribution in [0.5, 0.6) is 11.5 Å². The zero-order valence-corrected chi connectivity index (χ0v) is 14.2. The lowest BCUT2D eigenvalue weighted by atomic mass is 10.00. The summed E-state index contributed by atoms with van der Waals surface area (Å²) in [4.78, 5) is 0. The van der Waals surface area contributed by atoms with Gasteiger partial charge in [0.25, 0.3) is 0 Å². The number of ether oxygens (including phenoxy) is 1. The molecule has 3 nitrogen and oxygen atoms in total. The highest BCUT2D eigenvalue weighted by Gasteiger charge is 2.34. The fraction of sp³-hybridized carbons (Fsp3) is 0.0476. The molecule has 3 aromatic carbocycles. The Bertz CT molecular complexity index is 1140. The number of hydrogen-bond donors (Lipinski definition) is 0. The van der Waals surface area contributed by atoms with Gasteiger partial charge in [-0.1, -0.05) is 18.2 Å². The number of aromatic nitrogens is 2. The summed E-state index contributed by atoms with van der Waals surface area (Å²) in [6.45, 7) is 0. The molecular weight excluding hydrogens is 372 g/mol. The summed E-state index contributed by atoms with van der Waals surface area (Å²) in [5.41, 5.74) is -0.678. The van der Waals surface area contributed by atoms with Crippen LogP contribution in [-0.2, 0) is 6.18 Å². The topological polar surface area (TPSA) is 35.0 Å². The maximum Gasteiger partial charge on any atom is 0.417 e. The van der Waals surface area contributed by atoms with Crippen LogP contribution in [0.1, 0.15) is 5.56 Å². The first-order chi connectivity index (χ1) is 13.4. The van der Waals surface area contributed by atoms with Crippen LogP contribution >= 0.6 is 0 Å². The Morgan fingerprint density at radius 2 is 1.54 bits per heavy atom. The fourth-order valence-corrected chi connectivity index (χ4v) is 2.90. The number of hydrogen-bond acceptors (Lipinski definition) is 3. The Morgan fingerprint density at radius 1 is 0.821 bits per heavy atom. The van der Waals surface area contributed by atoms with E-state index in [0.717, 1.165) is 6.07 Å². The Morgan fingerprint density at radius 3 is 2.29 bits per heavy atom. The summed E-state index contributed by atoms with van der Waals surface area (Å²) in [5, 5.41) is 8.87. The summed E-state index contributed by atoms with van der Waals surface area (Å²) in [7, 11) is 0. The molecule has 0 N–H and O–H groups in total. The maximum absolute atomic E-state index is 13.4. The van der Waals surface area contributed by atoms with Gasteiger partial charge in [-0.05, 0) is 48.5 Å². The second-order valence-corrected chi connectivity index (χ2v) is 6.04. The highest BCUT2D eigenvalue weighted by atomic mass is 19.4. The molecule has 7 heteroatoms. The molecule has 0 radical (unpaired) electrons. The van der Waals surface area contributed by atoms with Crippen LogP contribution in [0.2, 0.25) is 0 Å². The van der Waals surface area contributed by atoms with Gasteiger partial charge >= 0.3 is 6.18 Å². The molecule has 0 saturated carbocycles. The second kappa shape index (κ2) is 6.92. The molecule has 1 aromatic heterocycles. The summed E-state index contributed by atoms with van der Waals surface area (Å²) < 4.78 is 58.8. The van der Waals surface area contributed by atoms with Crippen molar-refractivity contribution >= 4 is 10.8 Å². The van der Waals surface area contributed by atoms with Gasteiger partial charge in [0.15, 0.2) is 0 Å². The molecule has 0 atom stereocenters. The number of rotatable bonds is 3. The monoisotopic (exact) mass is 384 g/mol. The minimum absolute atomic E-state index is 0.0414. The van der Waals surface area contributed by atoms with Gasteiger partial charge < -0.3 is 4.74 Å². The first-order valence-electron chi connectivity index (χ1n) is 8.27. The van der Waals surface area contributed by atoms with E-state index in [1.165, 1.54) is 48.7 Å². The molecule has 0 fully saturated rings. The Balaban J connectivity index is 1.78. The van der Waals surface area contributed by atoms with Crippen molar-refractivity contribution in [3.05, 3.63) is 84.3 Å². The lowest BCUT2D eigenvalue weighted by molar-refractivity contribution is -0.137. The molecule has 1 heterocycles. The third-order valence-corrected chi connectivity index (χ3v) is 4.17. The number of benzene rings is 3. The number of fused-ring (bicyclic) bond motifs is 1. The molecule has 0 amide bonds. The van der Waals surface area contributed by atoms with E-state index < -0.39 is 11.7 Å². The Kier molecular flexibility index (Phi) is 4.43. The lowest BCUT2D eigenvalue weighted by Gasteiger charge is -2.13. The second-order valence-electron chi connectivity index (χ2n) is 6.04. The molecule has 0 aliphatic carbocycles. The van der Waals surface area contributed by atoms with Crippen LogP contribution in [0.15, 0.2) is 72.9 Å². The highest BCUT2D eigenvalue weighted by molar-refractivity contribution is 5.95. The van der Waals surface area contributed by atoms with Crippen molar-refractivity contribution < 1.29 is 22.3 Å². The molecule has 0 aliphatic rings. The predicted octanol–water partition coefficient (Wildman–Crippen LogP) is 6.25. The van der Waals surface area contributed by atoms with Crippen LogP contribution in [0.25, 0.3) is 22.0 Å². The normalized spacial score (nSPS) is 11.6. The highest BCUT2D eigenvalue weighted by Crippen LogP contribution is 2.38. The maximum atomic E-state index is 13.4. The van der Waals surface area contributed by atoms with E-state index in [1.54, 1.807) is 18.2 Å². The quantitative estimate of drug-likeness (QED) is 0.392. The average Bonchev–Trinajstić information content (AvgIpc) is 2.68. The van der Waals surface area contributed by atoms with Crippen LogP contribution in [0, 0.1) is 5.82 Å². The van der Waals surface area contributed by atoms with Gasteiger partial charge in [0.2, 0.25) is 0 Å². The molecule has 0 bridgehead atoms. The molecule has 140 valence electrons. The molecule has 0 saturated heterocycles. The first-order valence-corrected chi connectivity index (χ1v) is 8.27. The smallest absolute Gasteiger partial charge is 0.417 e. The third-order valence-electron chi connectivity index (χ3n) is 4.17. The minimum atomic E-state index is -4.51. The SMILES string of the molecule is Fc1ccc(Oc2ccc3c(-c4ccccc4C(F)(F)F)nncc3c2)cc1. The van der Waals surface area contributed by atoms with Gasteiger partial charge in [-0.15, -0.1) is 5.10 Å². The average molecular weight is 384 g/mol. The van der Waals surface area contributed by atoms with Crippen molar-refractivity contribution in [2.75, 3.05) is 0 Å². The molecule has 4 rings (SSSR count). The zero-order valence-electron chi connectivity index (χ0n) is 14.2. The van der Waals surface area contributed by atoms with Gasteiger partial charge in [0, 0.05) is 16.3 Å². The van der Waals surface area contributed by atoms with Crippen molar-refractivity contribution in [3.63, 3.8) is 0 Å². The summed E-state index contributed by atoms with van der Waals surface area (Å²) in [6.07, 6.45) is -3.06. The summed E-state index contributed by atoms with van der Waals surface area (Å²) in [6, 6.07) is 15.6. The lowest BCUT2D eigenvalue weighted by Crippen LogP contribution is -2.07. The third kappa shape index (κ3) is 3.51. The van der Waals surface area contributed by atoms with Gasteiger partial charge in [-0.2, -0.15) is 18.3 Å². The van der Waals surface area contributed by atoms with E-state index in [0.29, 0.717) is 22.3 Å². The van der Waals surface area contributed by atoms with E-state index in [-0.39, 0.29) is 17.1 Å². The van der Waals surface area contributed by atoms with Gasteiger partial charge in [-0.3, -0.25) is 0 Å².